The third kappa shape index (κ3) is 3.47. The topological polar surface area (TPSA) is 59.0 Å². The maximum Gasteiger partial charge on any atom is 0.117 e. The molecule has 3 nitrogen and oxygen atoms in total. The van der Waals surface area contributed by atoms with E-state index in [1.807, 2.05) is 6.92 Å². The predicted molar refractivity (Wildman–Crippen MR) is 47.8 cm³/mol. The Bertz CT molecular complexity index is 269. The van der Waals surface area contributed by atoms with Crippen molar-refractivity contribution in [1.29, 1.82) is 5.26 Å². The molecular formula is C9H12N2O. The third-order valence-corrected chi connectivity index (χ3v) is 1.33. The van der Waals surface area contributed by atoms with Crippen LogP contribution in [-0.2, 0) is 4.74 Å². The number of ether oxygens (including phenoxy) is 1. The molecule has 0 fully saturated rings. The van der Waals surface area contributed by atoms with Gasteiger partial charge >= 0.3 is 0 Å². The minimum Gasteiger partial charge on any atom is -0.497 e. The molecule has 0 amide bonds. The van der Waals surface area contributed by atoms with Gasteiger partial charge in [-0.2, -0.15) is 5.26 Å². The summed E-state index contributed by atoms with van der Waals surface area (Å²) in [5.74, 6) is 0.567. The van der Waals surface area contributed by atoms with Crippen LogP contribution in [0.5, 0.6) is 0 Å². The van der Waals surface area contributed by atoms with Gasteiger partial charge in [0.1, 0.15) is 17.5 Å². The van der Waals surface area contributed by atoms with Gasteiger partial charge in [-0.1, -0.05) is 12.7 Å². The summed E-state index contributed by atoms with van der Waals surface area (Å²) in [5.41, 5.74) is 6.26. The molecule has 0 bridgehead atoms. The number of hydrogen-bond donors (Lipinski definition) is 1. The molecule has 0 aromatic heterocycles. The Morgan fingerprint density at radius 3 is 2.58 bits per heavy atom. The maximum absolute atomic E-state index is 8.32. The molecule has 0 saturated heterocycles. The first-order chi connectivity index (χ1) is 5.61. The largest absolute Gasteiger partial charge is 0.497 e. The van der Waals surface area contributed by atoms with Gasteiger partial charge in [-0.25, -0.2) is 0 Å². The zero-order valence-electron chi connectivity index (χ0n) is 7.29. The van der Waals surface area contributed by atoms with E-state index >= 15 is 0 Å². The molecule has 64 valence electrons. The van der Waals surface area contributed by atoms with Crippen LogP contribution in [0.3, 0.4) is 0 Å². The Balaban J connectivity index is 4.40. The summed E-state index contributed by atoms with van der Waals surface area (Å²) in [6, 6.07) is 1.80. The van der Waals surface area contributed by atoms with Crippen molar-refractivity contribution in [2.24, 2.45) is 5.73 Å². The summed E-state index contributed by atoms with van der Waals surface area (Å²) in [4.78, 5) is 0. The van der Waals surface area contributed by atoms with E-state index in [0.717, 1.165) is 5.57 Å². The summed E-state index contributed by atoms with van der Waals surface area (Å²) < 4.78 is 4.86. The Kier molecular flexibility index (Phi) is 4.32. The lowest BCUT2D eigenvalue weighted by Gasteiger charge is -2.01. The molecule has 0 aliphatic heterocycles. The average molecular weight is 164 g/mol. The Morgan fingerprint density at radius 1 is 1.58 bits per heavy atom. The van der Waals surface area contributed by atoms with Gasteiger partial charge in [0.25, 0.3) is 0 Å². The van der Waals surface area contributed by atoms with Crippen molar-refractivity contribution in [3.63, 3.8) is 0 Å². The summed E-state index contributed by atoms with van der Waals surface area (Å²) in [5, 5.41) is 8.32. The number of hydrogen-bond acceptors (Lipinski definition) is 3. The predicted octanol–water partition coefficient (Wildman–Crippen LogP) is 1.46. The zero-order chi connectivity index (χ0) is 9.56. The minimum absolute atomic E-state index is 0.165. The number of nitriles is 1. The van der Waals surface area contributed by atoms with Gasteiger partial charge in [-0.05, 0) is 18.6 Å². The van der Waals surface area contributed by atoms with E-state index in [4.69, 9.17) is 15.7 Å². The van der Waals surface area contributed by atoms with Gasteiger partial charge in [0.15, 0.2) is 0 Å². The van der Waals surface area contributed by atoms with Gasteiger partial charge in [-0.3, -0.25) is 0 Å². The van der Waals surface area contributed by atoms with E-state index in [0.29, 0.717) is 5.76 Å². The van der Waals surface area contributed by atoms with Crippen molar-refractivity contribution in [2.75, 3.05) is 7.11 Å². The smallest absolute Gasteiger partial charge is 0.117 e. The average Bonchev–Trinajstić information content (AvgIpc) is 2.11. The van der Waals surface area contributed by atoms with E-state index in [2.05, 4.69) is 6.58 Å². The monoisotopic (exact) mass is 164 g/mol. The van der Waals surface area contributed by atoms with E-state index < -0.39 is 0 Å². The van der Waals surface area contributed by atoms with Crippen LogP contribution in [-0.4, -0.2) is 7.11 Å². The van der Waals surface area contributed by atoms with E-state index in [1.165, 1.54) is 13.2 Å². The van der Waals surface area contributed by atoms with Crippen LogP contribution in [0.1, 0.15) is 6.92 Å². The lowest BCUT2D eigenvalue weighted by Crippen LogP contribution is -1.92. The number of nitrogens with two attached hydrogens (primary N) is 1. The second kappa shape index (κ2) is 5.03. The standard InChI is InChI=1S/C9H12N2O/c1-7(8(2)12-3)4-5-9(11)6-10/h4-5H,2,11H2,1,3H3/b7-4-,9-5-. The molecule has 3 heteroatoms. The molecule has 0 unspecified atom stereocenters. The van der Waals surface area contributed by atoms with Crippen LogP contribution in [0.15, 0.2) is 35.8 Å². The molecule has 0 aromatic carbocycles. The molecule has 0 heterocycles. The van der Waals surface area contributed by atoms with Gasteiger partial charge < -0.3 is 10.5 Å². The molecule has 0 rings (SSSR count). The molecule has 0 aliphatic rings. The quantitative estimate of drug-likeness (QED) is 0.390. The highest BCUT2D eigenvalue weighted by Gasteiger charge is 1.92. The second-order valence-corrected chi connectivity index (χ2v) is 2.21. The lowest BCUT2D eigenvalue weighted by atomic mass is 10.2. The number of methoxy groups -OCH3 is 1. The van der Waals surface area contributed by atoms with Gasteiger partial charge in [-0.15, -0.1) is 0 Å². The fourth-order valence-corrected chi connectivity index (χ4v) is 0.506. The summed E-state index contributed by atoms with van der Waals surface area (Å²) in [6.07, 6.45) is 3.20. The van der Waals surface area contributed by atoms with Crippen LogP contribution in [0, 0.1) is 11.3 Å². The fourth-order valence-electron chi connectivity index (χ4n) is 0.506. The van der Waals surface area contributed by atoms with Crippen LogP contribution < -0.4 is 5.73 Å². The molecule has 12 heavy (non-hydrogen) atoms. The van der Waals surface area contributed by atoms with Crippen molar-refractivity contribution >= 4 is 0 Å². The van der Waals surface area contributed by atoms with Crippen molar-refractivity contribution in [1.82, 2.24) is 0 Å². The van der Waals surface area contributed by atoms with Crippen molar-refractivity contribution in [2.45, 2.75) is 6.92 Å². The van der Waals surface area contributed by atoms with Crippen molar-refractivity contribution in [3.8, 4) is 6.07 Å². The molecule has 2 N–H and O–H groups in total. The lowest BCUT2D eigenvalue weighted by molar-refractivity contribution is 0.303. The SMILES string of the molecule is C=C(OC)/C(C)=C\C=C(/N)C#N. The molecule has 0 atom stereocenters. The van der Waals surface area contributed by atoms with Crippen molar-refractivity contribution < 1.29 is 4.74 Å². The first-order valence-electron chi connectivity index (χ1n) is 3.39. The summed E-state index contributed by atoms with van der Waals surface area (Å²) in [7, 11) is 1.54. The molecule has 0 aliphatic carbocycles. The van der Waals surface area contributed by atoms with E-state index in [-0.39, 0.29) is 5.70 Å². The first kappa shape index (κ1) is 10.3. The number of allylic oxidation sites excluding steroid dienone is 4. The Morgan fingerprint density at radius 2 is 2.17 bits per heavy atom. The highest BCUT2D eigenvalue weighted by atomic mass is 16.5. The van der Waals surface area contributed by atoms with Crippen molar-refractivity contribution in [3.05, 3.63) is 35.8 Å². The number of nitrogens with zero attached hydrogens (tertiary/aromatic N) is 1. The molecule has 0 radical (unpaired) electrons. The Hall–Kier alpha value is -1.69. The van der Waals surface area contributed by atoms with Crippen LogP contribution in [0.25, 0.3) is 0 Å². The Labute approximate surface area is 72.4 Å². The second-order valence-electron chi connectivity index (χ2n) is 2.21. The van der Waals surface area contributed by atoms with Gasteiger partial charge in [0.2, 0.25) is 0 Å². The van der Waals surface area contributed by atoms with Gasteiger partial charge in [0.05, 0.1) is 7.11 Å². The van der Waals surface area contributed by atoms with Gasteiger partial charge in [0, 0.05) is 0 Å². The first-order valence-corrected chi connectivity index (χ1v) is 3.39. The maximum atomic E-state index is 8.32. The zero-order valence-corrected chi connectivity index (χ0v) is 7.29. The third-order valence-electron chi connectivity index (χ3n) is 1.33. The molecule has 0 saturated carbocycles. The van der Waals surface area contributed by atoms with E-state index in [9.17, 15) is 0 Å². The summed E-state index contributed by atoms with van der Waals surface area (Å²) in [6.45, 7) is 5.46. The summed E-state index contributed by atoms with van der Waals surface area (Å²) >= 11 is 0. The van der Waals surface area contributed by atoms with Crippen LogP contribution >= 0.6 is 0 Å². The molecular weight excluding hydrogens is 152 g/mol. The minimum atomic E-state index is 0.165. The molecule has 0 aromatic rings. The highest BCUT2D eigenvalue weighted by Crippen LogP contribution is 2.06. The van der Waals surface area contributed by atoms with Crippen LogP contribution in [0.2, 0.25) is 0 Å². The van der Waals surface area contributed by atoms with Crippen LogP contribution in [0.4, 0.5) is 0 Å². The molecule has 0 spiro atoms. The number of rotatable bonds is 3. The highest BCUT2D eigenvalue weighted by molar-refractivity contribution is 5.30. The van der Waals surface area contributed by atoms with E-state index in [1.54, 1.807) is 12.1 Å². The fraction of sp³-hybridized carbons (Fsp3) is 0.222. The normalized spacial score (nSPS) is 12.1.